The normalized spacial score (nSPS) is 15.3. The van der Waals surface area contributed by atoms with Crippen LogP contribution in [-0.2, 0) is 30.9 Å². The molecule has 7 heteroatoms. The molecule has 0 radical (unpaired) electrons. The predicted octanol–water partition coefficient (Wildman–Crippen LogP) is 3.05. The highest BCUT2D eigenvalue weighted by Crippen LogP contribution is 2.28. The lowest BCUT2D eigenvalue weighted by Gasteiger charge is -2.17. The first-order valence-electron chi connectivity index (χ1n) is 11.0. The molecule has 4 nitrogen and oxygen atoms in total. The van der Waals surface area contributed by atoms with Gasteiger partial charge in [0.25, 0.3) is 0 Å². The predicted molar refractivity (Wildman–Crippen MR) is 130 cm³/mol. The van der Waals surface area contributed by atoms with Crippen molar-refractivity contribution < 1.29 is 26.4 Å². The Bertz CT molecular complexity index is 1180. The van der Waals surface area contributed by atoms with Gasteiger partial charge in [0.1, 0.15) is 43.4 Å². The Morgan fingerprint density at radius 1 is 0.971 bits per heavy atom. The van der Waals surface area contributed by atoms with Crippen LogP contribution in [0.1, 0.15) is 22.8 Å². The van der Waals surface area contributed by atoms with Crippen LogP contribution in [0.2, 0.25) is 10.0 Å². The minimum absolute atomic E-state index is 0. The molecule has 0 saturated heterocycles. The lowest BCUT2D eigenvalue weighted by molar-refractivity contribution is -0.705. The molecule has 1 aromatic heterocycles. The average molecular weight is 516 g/mol. The van der Waals surface area contributed by atoms with Gasteiger partial charge in [-0.25, -0.2) is 9.13 Å². The molecule has 2 atom stereocenters. The van der Waals surface area contributed by atoms with E-state index in [1.807, 2.05) is 60.7 Å². The zero-order valence-corrected chi connectivity index (χ0v) is 20.8. The first-order valence-corrected chi connectivity index (χ1v) is 11.8. The summed E-state index contributed by atoms with van der Waals surface area (Å²) in [6, 6.07) is 23.9. The van der Waals surface area contributed by atoms with Gasteiger partial charge < -0.3 is 21.9 Å². The van der Waals surface area contributed by atoms with Crippen LogP contribution in [0.3, 0.4) is 0 Å². The van der Waals surface area contributed by atoms with Gasteiger partial charge in [-0.05, 0) is 47.0 Å². The summed E-state index contributed by atoms with van der Waals surface area (Å²) in [5.41, 5.74) is 3.45. The monoisotopic (exact) mass is 514 g/mol. The van der Waals surface area contributed by atoms with E-state index < -0.39 is 0 Å². The summed E-state index contributed by atoms with van der Waals surface area (Å²) in [5, 5.41) is 1.44. The molecule has 5 rings (SSSR count). The van der Waals surface area contributed by atoms with E-state index in [0.717, 1.165) is 34.9 Å². The topological polar surface area (TPSA) is 27.3 Å². The number of imidazole rings is 1. The number of nitrogens with zero attached hydrogens (tertiary/aromatic N) is 2. The zero-order valence-electron chi connectivity index (χ0n) is 18.5. The first-order chi connectivity index (χ1) is 16.1. The van der Waals surface area contributed by atoms with Gasteiger partial charge in [-0.2, -0.15) is 0 Å². The van der Waals surface area contributed by atoms with Crippen LogP contribution in [0.25, 0.3) is 0 Å². The molecule has 0 bridgehead atoms. The summed E-state index contributed by atoms with van der Waals surface area (Å²) in [6.45, 7) is 1.99. The van der Waals surface area contributed by atoms with Crippen molar-refractivity contribution in [1.29, 1.82) is 0 Å². The third-order valence-corrected chi connectivity index (χ3v) is 6.36. The number of fused-ring (bicyclic) bond motifs is 1. The molecule has 2 unspecified atom stereocenters. The molecule has 0 spiro atoms. The van der Waals surface area contributed by atoms with Gasteiger partial charge in [0, 0.05) is 16.5 Å². The van der Waals surface area contributed by atoms with Gasteiger partial charge in [-0.3, -0.25) is 0 Å². The van der Waals surface area contributed by atoms with Crippen LogP contribution in [0.5, 0.6) is 5.75 Å². The van der Waals surface area contributed by atoms with Gasteiger partial charge in [0.15, 0.2) is 0 Å². The largest absolute Gasteiger partial charge is 1.00 e. The molecular weight excluding hydrogens is 491 g/mol. The third-order valence-electron chi connectivity index (χ3n) is 5.86. The molecule has 0 amide bonds. The SMILES string of the molecule is Clc1ccc(COC(C[n+]2ccn(CC3Cc4ccccc4O3)c2)c2ccc(Cl)cc2)cc1.[Cl-]. The lowest BCUT2D eigenvalue weighted by atomic mass is 10.1. The lowest BCUT2D eigenvalue weighted by Crippen LogP contribution is -3.00. The zero-order chi connectivity index (χ0) is 22.6. The maximum absolute atomic E-state index is 6.34. The van der Waals surface area contributed by atoms with E-state index in [2.05, 4.69) is 40.0 Å². The highest BCUT2D eigenvalue weighted by Gasteiger charge is 2.25. The Morgan fingerprint density at radius 2 is 1.68 bits per heavy atom. The summed E-state index contributed by atoms with van der Waals surface area (Å²) in [6.07, 6.45) is 7.25. The molecular formula is C27H25Cl3N2O2. The summed E-state index contributed by atoms with van der Waals surface area (Å²) in [5.74, 6) is 1.00. The Morgan fingerprint density at radius 3 is 2.41 bits per heavy atom. The van der Waals surface area contributed by atoms with Gasteiger partial charge in [0.2, 0.25) is 6.33 Å². The summed E-state index contributed by atoms with van der Waals surface area (Å²) < 4.78 is 16.8. The number of halogens is 3. The molecule has 0 N–H and O–H groups in total. The summed E-state index contributed by atoms with van der Waals surface area (Å²) >= 11 is 12.1. The van der Waals surface area contributed by atoms with Gasteiger partial charge in [0.05, 0.1) is 6.61 Å². The second-order valence-corrected chi connectivity index (χ2v) is 9.21. The third kappa shape index (κ3) is 6.13. The van der Waals surface area contributed by atoms with Crippen molar-refractivity contribution in [2.24, 2.45) is 0 Å². The number of hydrogen-bond acceptors (Lipinski definition) is 2. The maximum Gasteiger partial charge on any atom is 0.243 e. The van der Waals surface area contributed by atoms with Crippen LogP contribution in [-0.4, -0.2) is 10.7 Å². The molecule has 3 aromatic carbocycles. The summed E-state index contributed by atoms with van der Waals surface area (Å²) in [7, 11) is 0. The number of ether oxygens (including phenoxy) is 2. The van der Waals surface area contributed by atoms with Crippen molar-refractivity contribution >= 4 is 23.2 Å². The Kier molecular flexibility index (Phi) is 8.17. The first kappa shape index (κ1) is 24.6. The number of aromatic nitrogens is 2. The number of para-hydroxylation sites is 1. The minimum atomic E-state index is -0.120. The molecule has 1 aliphatic heterocycles. The van der Waals surface area contributed by atoms with Gasteiger partial charge >= 0.3 is 0 Å². The summed E-state index contributed by atoms with van der Waals surface area (Å²) in [4.78, 5) is 0. The fourth-order valence-corrected chi connectivity index (χ4v) is 4.40. The highest BCUT2D eigenvalue weighted by molar-refractivity contribution is 6.30. The van der Waals surface area contributed by atoms with Gasteiger partial charge in [-0.1, -0.05) is 65.7 Å². The fourth-order valence-electron chi connectivity index (χ4n) is 4.15. The molecule has 0 saturated carbocycles. The quantitative estimate of drug-likeness (QED) is 0.337. The average Bonchev–Trinajstić information content (AvgIpc) is 3.44. The smallest absolute Gasteiger partial charge is 0.243 e. The molecule has 34 heavy (non-hydrogen) atoms. The maximum atomic E-state index is 6.34. The van der Waals surface area contributed by atoms with Crippen molar-refractivity contribution in [2.75, 3.05) is 0 Å². The fraction of sp³-hybridized carbons (Fsp3) is 0.222. The molecule has 176 valence electrons. The van der Waals surface area contributed by atoms with E-state index in [0.29, 0.717) is 18.2 Å². The minimum Gasteiger partial charge on any atom is -1.00 e. The standard InChI is InChI=1S/C27H25Cl2N2O2.ClH/c28-23-9-5-20(6-10-23)18-32-27(21-7-11-24(29)12-8-21)17-31-14-13-30(19-31)16-25-15-22-3-1-2-4-26(22)33-25;/h1-14,19,25,27H,15-18H2;1H/q+1;/p-1. The molecule has 4 aromatic rings. The van der Waals surface area contributed by atoms with E-state index in [1.54, 1.807) is 0 Å². The van der Waals surface area contributed by atoms with E-state index in [4.69, 9.17) is 32.7 Å². The molecule has 1 aliphatic rings. The van der Waals surface area contributed by atoms with E-state index in [9.17, 15) is 0 Å². The highest BCUT2D eigenvalue weighted by atomic mass is 35.5. The molecule has 2 heterocycles. The van der Waals surface area contributed by atoms with E-state index >= 15 is 0 Å². The number of benzene rings is 3. The molecule has 0 fully saturated rings. The second kappa shape index (κ2) is 11.3. The second-order valence-electron chi connectivity index (χ2n) is 8.34. The number of hydrogen-bond donors (Lipinski definition) is 0. The molecule has 0 aliphatic carbocycles. The van der Waals surface area contributed by atoms with Crippen LogP contribution in [0, 0.1) is 0 Å². The Balaban J connectivity index is 0.00000274. The van der Waals surface area contributed by atoms with Crippen LogP contribution < -0.4 is 21.7 Å². The van der Waals surface area contributed by atoms with Crippen LogP contribution in [0.4, 0.5) is 0 Å². The number of rotatable bonds is 8. The van der Waals surface area contributed by atoms with Crippen molar-refractivity contribution in [2.45, 2.75) is 38.3 Å². The van der Waals surface area contributed by atoms with Crippen molar-refractivity contribution in [3.8, 4) is 5.75 Å². The van der Waals surface area contributed by atoms with Crippen LogP contribution in [0.15, 0.2) is 91.5 Å². The Hall–Kier alpha value is -2.50. The Labute approximate surface area is 216 Å². The van der Waals surface area contributed by atoms with Crippen molar-refractivity contribution in [1.82, 2.24) is 4.57 Å². The van der Waals surface area contributed by atoms with E-state index in [1.165, 1.54) is 5.56 Å². The van der Waals surface area contributed by atoms with Crippen LogP contribution >= 0.6 is 23.2 Å². The van der Waals surface area contributed by atoms with Gasteiger partial charge in [-0.15, -0.1) is 0 Å². The van der Waals surface area contributed by atoms with Crippen molar-refractivity contribution in [3.05, 3.63) is 118 Å². The van der Waals surface area contributed by atoms with E-state index in [-0.39, 0.29) is 24.6 Å². The van der Waals surface area contributed by atoms with Crippen molar-refractivity contribution in [3.63, 3.8) is 0 Å².